The van der Waals surface area contributed by atoms with Gasteiger partial charge in [-0.2, -0.15) is 0 Å². The van der Waals surface area contributed by atoms with Crippen molar-refractivity contribution in [2.24, 2.45) is 0 Å². The van der Waals surface area contributed by atoms with Crippen LogP contribution in [0, 0.1) is 6.92 Å². The van der Waals surface area contributed by atoms with Crippen molar-refractivity contribution in [2.75, 3.05) is 33.3 Å². The minimum Gasteiger partial charge on any atom is -0.461 e. The number of ether oxygens (including phenoxy) is 1. The Morgan fingerprint density at radius 2 is 1.96 bits per heavy atom. The van der Waals surface area contributed by atoms with E-state index in [1.165, 1.54) is 0 Å². The molecule has 0 saturated carbocycles. The Labute approximate surface area is 148 Å². The summed E-state index contributed by atoms with van der Waals surface area (Å²) in [7, 11) is 2.03. The van der Waals surface area contributed by atoms with Gasteiger partial charge in [-0.25, -0.2) is 9.78 Å². The van der Waals surface area contributed by atoms with E-state index in [4.69, 9.17) is 4.74 Å². The van der Waals surface area contributed by atoms with Crippen LogP contribution in [0.25, 0.3) is 0 Å². The van der Waals surface area contributed by atoms with E-state index in [9.17, 15) is 9.59 Å². The number of aromatic nitrogens is 2. The molecule has 2 aliphatic heterocycles. The van der Waals surface area contributed by atoms with Gasteiger partial charge in [0.05, 0.1) is 12.6 Å². The van der Waals surface area contributed by atoms with Crippen LogP contribution in [0.5, 0.6) is 0 Å². The van der Waals surface area contributed by atoms with Crippen molar-refractivity contribution in [3.05, 3.63) is 17.2 Å². The van der Waals surface area contributed by atoms with Gasteiger partial charge in [-0.05, 0) is 53.1 Å². The highest BCUT2D eigenvalue weighted by molar-refractivity contribution is 5.88. The monoisotopic (exact) mass is 348 g/mol. The number of H-pyrrole nitrogens is 1. The summed E-state index contributed by atoms with van der Waals surface area (Å²) < 4.78 is 5.05. The van der Waals surface area contributed by atoms with Crippen molar-refractivity contribution in [1.82, 2.24) is 19.8 Å². The van der Waals surface area contributed by atoms with E-state index < -0.39 is 0 Å². The van der Waals surface area contributed by atoms with Crippen LogP contribution < -0.4 is 0 Å². The molecule has 0 aromatic carbocycles. The summed E-state index contributed by atoms with van der Waals surface area (Å²) >= 11 is 0. The highest BCUT2D eigenvalue weighted by Crippen LogP contribution is 2.28. The zero-order valence-corrected chi connectivity index (χ0v) is 15.4. The number of nitrogens with zero attached hydrogens (tertiary/aromatic N) is 3. The molecule has 7 heteroatoms. The molecule has 2 fully saturated rings. The van der Waals surface area contributed by atoms with Crippen LogP contribution in [0.15, 0.2) is 0 Å². The number of aromatic amines is 1. The molecular formula is C18H28N4O3. The maximum atomic E-state index is 12.7. The zero-order valence-electron chi connectivity index (χ0n) is 15.4. The molecule has 3 heterocycles. The molecule has 138 valence electrons. The third-order valence-electron chi connectivity index (χ3n) is 5.37. The Morgan fingerprint density at radius 3 is 2.56 bits per heavy atom. The van der Waals surface area contributed by atoms with Gasteiger partial charge in [-0.3, -0.25) is 9.69 Å². The number of amides is 1. The van der Waals surface area contributed by atoms with Gasteiger partial charge in [-0.15, -0.1) is 0 Å². The number of aryl methyl sites for hydroxylation is 1. The highest BCUT2D eigenvalue weighted by Gasteiger charge is 2.34. The van der Waals surface area contributed by atoms with Crippen LogP contribution in [0.4, 0.5) is 0 Å². The van der Waals surface area contributed by atoms with Crippen LogP contribution in [0.1, 0.15) is 60.5 Å². The summed E-state index contributed by atoms with van der Waals surface area (Å²) in [5.74, 6) is 0.985. The van der Waals surface area contributed by atoms with Gasteiger partial charge in [0.2, 0.25) is 5.91 Å². The summed E-state index contributed by atoms with van der Waals surface area (Å²) in [6.45, 7) is 6.49. The van der Waals surface area contributed by atoms with Crippen molar-refractivity contribution in [2.45, 2.75) is 51.5 Å². The zero-order chi connectivity index (χ0) is 18.0. The molecule has 1 atom stereocenters. The first-order chi connectivity index (χ1) is 12.0. The first-order valence-electron chi connectivity index (χ1n) is 9.24. The number of likely N-dealkylation sites (tertiary alicyclic amines) is 2. The van der Waals surface area contributed by atoms with Gasteiger partial charge >= 0.3 is 5.97 Å². The van der Waals surface area contributed by atoms with Crippen LogP contribution in [0.2, 0.25) is 0 Å². The number of piperidine rings is 1. The Morgan fingerprint density at radius 1 is 1.24 bits per heavy atom. The normalized spacial score (nSPS) is 22.4. The van der Waals surface area contributed by atoms with E-state index in [0.717, 1.165) is 56.8 Å². The smallest absolute Gasteiger partial charge is 0.358 e. The Bertz CT molecular complexity index is 634. The van der Waals surface area contributed by atoms with Crippen molar-refractivity contribution < 1.29 is 14.3 Å². The molecule has 1 aromatic rings. The van der Waals surface area contributed by atoms with E-state index >= 15 is 0 Å². The molecule has 1 amide bonds. The van der Waals surface area contributed by atoms with E-state index in [-0.39, 0.29) is 23.8 Å². The number of nitrogens with one attached hydrogen (secondary N) is 1. The van der Waals surface area contributed by atoms with Crippen LogP contribution in [0.3, 0.4) is 0 Å². The average molecular weight is 348 g/mol. The van der Waals surface area contributed by atoms with Crippen LogP contribution in [-0.4, -0.2) is 71.0 Å². The molecule has 1 aromatic heterocycles. The predicted octanol–water partition coefficient (Wildman–Crippen LogP) is 1.70. The number of carbonyl (C=O) groups excluding carboxylic acids is 2. The van der Waals surface area contributed by atoms with Gasteiger partial charge in [0.15, 0.2) is 5.69 Å². The lowest BCUT2D eigenvalue weighted by molar-refractivity contribution is -0.136. The molecular weight excluding hydrogens is 320 g/mol. The molecule has 0 aliphatic carbocycles. The fourth-order valence-corrected chi connectivity index (χ4v) is 3.88. The molecule has 7 nitrogen and oxygen atoms in total. The second-order valence-electron chi connectivity index (χ2n) is 7.05. The third kappa shape index (κ3) is 3.71. The summed E-state index contributed by atoms with van der Waals surface area (Å²) in [6.07, 6.45) is 3.82. The summed E-state index contributed by atoms with van der Waals surface area (Å²) in [4.78, 5) is 36.5. The van der Waals surface area contributed by atoms with Crippen molar-refractivity contribution in [3.63, 3.8) is 0 Å². The third-order valence-corrected chi connectivity index (χ3v) is 5.37. The largest absolute Gasteiger partial charge is 0.461 e. The second-order valence-corrected chi connectivity index (χ2v) is 7.05. The summed E-state index contributed by atoms with van der Waals surface area (Å²) in [5.41, 5.74) is 1.13. The van der Waals surface area contributed by atoms with Crippen LogP contribution >= 0.6 is 0 Å². The lowest BCUT2D eigenvalue weighted by Crippen LogP contribution is -2.47. The van der Waals surface area contributed by atoms with Gasteiger partial charge in [0.1, 0.15) is 5.82 Å². The molecule has 0 bridgehead atoms. The van der Waals surface area contributed by atoms with Gasteiger partial charge in [0, 0.05) is 24.7 Å². The van der Waals surface area contributed by atoms with E-state index in [1.807, 2.05) is 18.9 Å². The first-order valence-corrected chi connectivity index (χ1v) is 9.24. The van der Waals surface area contributed by atoms with Gasteiger partial charge in [-0.1, -0.05) is 0 Å². The number of carbonyl (C=O) groups is 2. The lowest BCUT2D eigenvalue weighted by atomic mass is 9.95. The number of hydrogen-bond donors (Lipinski definition) is 1. The van der Waals surface area contributed by atoms with E-state index in [0.29, 0.717) is 12.3 Å². The molecule has 3 rings (SSSR count). The van der Waals surface area contributed by atoms with Crippen molar-refractivity contribution in [1.29, 1.82) is 0 Å². The molecule has 0 spiro atoms. The quantitative estimate of drug-likeness (QED) is 0.838. The Hall–Kier alpha value is -1.89. The summed E-state index contributed by atoms with van der Waals surface area (Å²) in [5, 5.41) is 0. The SMILES string of the molecule is CCOC(=O)c1nc(C2CCN(C(=O)[C@@H]3CCCN3C)CC2)[nH]c1C. The molecule has 2 aliphatic rings. The lowest BCUT2D eigenvalue weighted by Gasteiger charge is -2.34. The Balaban J connectivity index is 1.60. The van der Waals surface area contributed by atoms with Crippen LogP contribution in [-0.2, 0) is 9.53 Å². The van der Waals surface area contributed by atoms with Crippen molar-refractivity contribution in [3.8, 4) is 0 Å². The van der Waals surface area contributed by atoms with Crippen molar-refractivity contribution >= 4 is 11.9 Å². The fraction of sp³-hybridized carbons (Fsp3) is 0.722. The summed E-state index contributed by atoms with van der Waals surface area (Å²) in [6, 6.07) is 0.0535. The molecule has 0 unspecified atom stereocenters. The fourth-order valence-electron chi connectivity index (χ4n) is 3.88. The van der Waals surface area contributed by atoms with E-state index in [2.05, 4.69) is 14.9 Å². The molecule has 2 saturated heterocycles. The number of imidazole rings is 1. The second kappa shape index (κ2) is 7.56. The van der Waals surface area contributed by atoms with Gasteiger partial charge in [0.25, 0.3) is 0 Å². The minimum absolute atomic E-state index is 0.0535. The average Bonchev–Trinajstić information content (AvgIpc) is 3.20. The van der Waals surface area contributed by atoms with E-state index in [1.54, 1.807) is 6.92 Å². The molecule has 25 heavy (non-hydrogen) atoms. The molecule has 0 radical (unpaired) electrons. The maximum absolute atomic E-state index is 12.7. The highest BCUT2D eigenvalue weighted by atomic mass is 16.5. The number of esters is 1. The first kappa shape index (κ1) is 17.9. The number of likely N-dealkylation sites (N-methyl/N-ethyl adjacent to an activating group) is 1. The Kier molecular flexibility index (Phi) is 5.42. The predicted molar refractivity (Wildman–Crippen MR) is 93.5 cm³/mol. The number of rotatable bonds is 4. The minimum atomic E-state index is -0.376. The van der Waals surface area contributed by atoms with Gasteiger partial charge < -0.3 is 14.6 Å². The molecule has 1 N–H and O–H groups in total. The topological polar surface area (TPSA) is 78.5 Å². The standard InChI is InChI=1S/C18H28N4O3/c1-4-25-18(24)15-12(2)19-16(20-15)13-7-10-22(11-8-13)17(23)14-6-5-9-21(14)3/h13-14H,4-11H2,1-3H3,(H,19,20)/t14-/m0/s1. The maximum Gasteiger partial charge on any atom is 0.358 e. The number of hydrogen-bond acceptors (Lipinski definition) is 5.